The maximum atomic E-state index is 12.0. The lowest BCUT2D eigenvalue weighted by Crippen LogP contribution is -2.04. The van der Waals surface area contributed by atoms with Crippen LogP contribution in [0.15, 0.2) is 68.4 Å². The van der Waals surface area contributed by atoms with Gasteiger partial charge in [-0.25, -0.2) is 0 Å². The largest absolute Gasteiger partial charge is 0.505 e. The van der Waals surface area contributed by atoms with Gasteiger partial charge in [0.15, 0.2) is 11.4 Å². The van der Waals surface area contributed by atoms with E-state index in [1.807, 2.05) is 0 Å². The molecular formula is C15H11N3O5S. The molecule has 0 aliphatic heterocycles. The van der Waals surface area contributed by atoms with E-state index in [4.69, 9.17) is 4.55 Å². The molecule has 0 radical (unpaired) electrons. The summed E-state index contributed by atoms with van der Waals surface area (Å²) < 4.78 is 30.8. The molecule has 1 aromatic heterocycles. The molecule has 0 unspecified atom stereocenters. The number of nitrogens with zero attached hydrogens (tertiary/aromatic N) is 2. The van der Waals surface area contributed by atoms with Crippen LogP contribution in [0.25, 0.3) is 10.9 Å². The van der Waals surface area contributed by atoms with Crippen LogP contribution >= 0.6 is 0 Å². The standard InChI is InChI=1S/C15H11N3O5S/c19-14-11-3-1-2-4-12(11)16-15(20)13(14)18-17-9-5-7-10(8-6-9)24(21,22)23/h1-8H,(H2,16,19,20)(H,21,22,23). The van der Waals surface area contributed by atoms with E-state index in [1.165, 1.54) is 12.1 Å². The predicted molar refractivity (Wildman–Crippen MR) is 86.7 cm³/mol. The lowest BCUT2D eigenvalue weighted by molar-refractivity contribution is 0.481. The maximum Gasteiger partial charge on any atom is 0.294 e. The normalized spacial score (nSPS) is 12.0. The Morgan fingerprint density at radius 3 is 2.29 bits per heavy atom. The first-order valence-corrected chi connectivity index (χ1v) is 8.13. The monoisotopic (exact) mass is 345 g/mol. The van der Waals surface area contributed by atoms with E-state index in [2.05, 4.69) is 15.2 Å². The number of hydrogen-bond donors (Lipinski definition) is 3. The molecule has 0 saturated heterocycles. The fourth-order valence-corrected chi connectivity index (χ4v) is 2.58. The third kappa shape index (κ3) is 3.03. The van der Waals surface area contributed by atoms with Crippen molar-refractivity contribution in [1.29, 1.82) is 0 Å². The minimum atomic E-state index is -4.29. The maximum absolute atomic E-state index is 12.0. The van der Waals surface area contributed by atoms with Crippen molar-refractivity contribution >= 4 is 32.4 Å². The summed E-state index contributed by atoms with van der Waals surface area (Å²) in [6.45, 7) is 0. The Kier molecular flexibility index (Phi) is 3.87. The van der Waals surface area contributed by atoms with Gasteiger partial charge in [-0.3, -0.25) is 9.35 Å². The second-order valence-electron chi connectivity index (χ2n) is 4.87. The van der Waals surface area contributed by atoms with Crippen LogP contribution in [0.5, 0.6) is 5.75 Å². The van der Waals surface area contributed by atoms with E-state index in [9.17, 15) is 18.3 Å². The van der Waals surface area contributed by atoms with Gasteiger partial charge in [0, 0.05) is 5.39 Å². The van der Waals surface area contributed by atoms with Gasteiger partial charge in [-0.05, 0) is 36.4 Å². The van der Waals surface area contributed by atoms with Gasteiger partial charge < -0.3 is 10.1 Å². The van der Waals surface area contributed by atoms with E-state index in [0.717, 1.165) is 12.1 Å². The van der Waals surface area contributed by atoms with Gasteiger partial charge in [-0.15, -0.1) is 5.11 Å². The fraction of sp³-hybridized carbons (Fsp3) is 0. The van der Waals surface area contributed by atoms with Crippen molar-refractivity contribution in [3.63, 3.8) is 0 Å². The number of aromatic nitrogens is 1. The highest BCUT2D eigenvalue weighted by molar-refractivity contribution is 7.85. The van der Waals surface area contributed by atoms with Crippen molar-refractivity contribution in [3.05, 3.63) is 58.9 Å². The van der Waals surface area contributed by atoms with Crippen molar-refractivity contribution in [3.8, 4) is 5.75 Å². The zero-order valence-electron chi connectivity index (χ0n) is 12.0. The second kappa shape index (κ2) is 5.87. The Morgan fingerprint density at radius 2 is 1.62 bits per heavy atom. The van der Waals surface area contributed by atoms with Crippen LogP contribution in [0, 0.1) is 0 Å². The quantitative estimate of drug-likeness (QED) is 0.496. The molecule has 3 aromatic rings. The molecular weight excluding hydrogens is 334 g/mol. The van der Waals surface area contributed by atoms with Gasteiger partial charge in [-0.2, -0.15) is 13.5 Å². The lowest BCUT2D eigenvalue weighted by Gasteiger charge is -2.02. The van der Waals surface area contributed by atoms with E-state index in [-0.39, 0.29) is 22.0 Å². The predicted octanol–water partition coefficient (Wildman–Crippen LogP) is 2.90. The molecule has 0 saturated carbocycles. The topological polar surface area (TPSA) is 132 Å². The Hall–Kier alpha value is -3.04. The highest BCUT2D eigenvalue weighted by Gasteiger charge is 2.11. The highest BCUT2D eigenvalue weighted by atomic mass is 32.2. The van der Waals surface area contributed by atoms with Gasteiger partial charge >= 0.3 is 0 Å². The number of azo groups is 1. The molecule has 24 heavy (non-hydrogen) atoms. The Bertz CT molecular complexity index is 1100. The second-order valence-corrected chi connectivity index (χ2v) is 6.29. The summed E-state index contributed by atoms with van der Waals surface area (Å²) in [7, 11) is -4.29. The summed E-state index contributed by atoms with van der Waals surface area (Å²) in [5, 5.41) is 18.1. The number of hydrogen-bond acceptors (Lipinski definition) is 6. The van der Waals surface area contributed by atoms with Crippen molar-refractivity contribution < 1.29 is 18.1 Å². The van der Waals surface area contributed by atoms with Crippen LogP contribution in [0.4, 0.5) is 11.4 Å². The number of para-hydroxylation sites is 1. The lowest BCUT2D eigenvalue weighted by atomic mass is 10.2. The number of aromatic hydroxyl groups is 1. The summed E-state index contributed by atoms with van der Waals surface area (Å²) in [6.07, 6.45) is 0. The van der Waals surface area contributed by atoms with Crippen LogP contribution in [0.3, 0.4) is 0 Å². The highest BCUT2D eigenvalue weighted by Crippen LogP contribution is 2.31. The average Bonchev–Trinajstić information content (AvgIpc) is 2.54. The summed E-state index contributed by atoms with van der Waals surface area (Å²) in [4.78, 5) is 14.3. The molecule has 0 bridgehead atoms. The zero-order chi connectivity index (χ0) is 17.3. The van der Waals surface area contributed by atoms with Crippen LogP contribution < -0.4 is 5.56 Å². The van der Waals surface area contributed by atoms with Crippen LogP contribution in [0.1, 0.15) is 0 Å². The minimum Gasteiger partial charge on any atom is -0.505 e. The van der Waals surface area contributed by atoms with E-state index in [1.54, 1.807) is 24.3 Å². The molecule has 3 rings (SSSR count). The molecule has 122 valence electrons. The molecule has 0 aliphatic rings. The number of benzene rings is 2. The third-order valence-electron chi connectivity index (χ3n) is 3.27. The fourth-order valence-electron chi connectivity index (χ4n) is 2.10. The molecule has 0 spiro atoms. The minimum absolute atomic E-state index is 0.245. The Labute approximate surface area is 135 Å². The number of nitrogens with one attached hydrogen (secondary N) is 1. The summed E-state index contributed by atoms with van der Waals surface area (Å²) in [5.74, 6) is -0.298. The number of H-pyrrole nitrogens is 1. The molecule has 0 amide bonds. The molecule has 0 aliphatic carbocycles. The molecule has 0 fully saturated rings. The summed E-state index contributed by atoms with van der Waals surface area (Å²) in [5.41, 5.74) is -0.150. The number of fused-ring (bicyclic) bond motifs is 1. The SMILES string of the molecule is O=c1[nH]c2ccccc2c(O)c1N=Nc1ccc(S(=O)(=O)O)cc1. The van der Waals surface area contributed by atoms with Crippen molar-refractivity contribution in [1.82, 2.24) is 4.98 Å². The number of aromatic amines is 1. The third-order valence-corrected chi connectivity index (χ3v) is 4.14. The van der Waals surface area contributed by atoms with Crippen molar-refractivity contribution in [2.45, 2.75) is 4.90 Å². The van der Waals surface area contributed by atoms with Crippen LogP contribution in [-0.4, -0.2) is 23.1 Å². The van der Waals surface area contributed by atoms with E-state index >= 15 is 0 Å². The van der Waals surface area contributed by atoms with Crippen LogP contribution in [0.2, 0.25) is 0 Å². The number of rotatable bonds is 3. The molecule has 1 heterocycles. The average molecular weight is 345 g/mol. The molecule has 8 nitrogen and oxygen atoms in total. The molecule has 0 atom stereocenters. The van der Waals surface area contributed by atoms with Gasteiger partial charge in [0.05, 0.1) is 16.1 Å². The van der Waals surface area contributed by atoms with E-state index < -0.39 is 15.7 Å². The van der Waals surface area contributed by atoms with Gasteiger partial charge in [-0.1, -0.05) is 12.1 Å². The Morgan fingerprint density at radius 1 is 0.958 bits per heavy atom. The zero-order valence-corrected chi connectivity index (χ0v) is 12.9. The van der Waals surface area contributed by atoms with Crippen LogP contribution in [-0.2, 0) is 10.1 Å². The Balaban J connectivity index is 2.00. The van der Waals surface area contributed by atoms with E-state index in [0.29, 0.717) is 10.9 Å². The van der Waals surface area contributed by atoms with Gasteiger partial charge in [0.2, 0.25) is 0 Å². The summed E-state index contributed by atoms with van der Waals surface area (Å²) >= 11 is 0. The summed E-state index contributed by atoms with van der Waals surface area (Å²) in [6, 6.07) is 11.6. The van der Waals surface area contributed by atoms with Crippen molar-refractivity contribution in [2.75, 3.05) is 0 Å². The molecule has 2 aromatic carbocycles. The number of pyridine rings is 1. The molecule has 9 heteroatoms. The van der Waals surface area contributed by atoms with Crippen molar-refractivity contribution in [2.24, 2.45) is 10.2 Å². The smallest absolute Gasteiger partial charge is 0.294 e. The van der Waals surface area contributed by atoms with Gasteiger partial charge in [0.25, 0.3) is 15.7 Å². The van der Waals surface area contributed by atoms with Gasteiger partial charge in [0.1, 0.15) is 0 Å². The first-order valence-electron chi connectivity index (χ1n) is 6.69. The first-order chi connectivity index (χ1) is 11.4. The first kappa shape index (κ1) is 15.8. The molecule has 3 N–H and O–H groups in total.